The second-order valence-corrected chi connectivity index (χ2v) is 7.13. The van der Waals surface area contributed by atoms with Crippen LogP contribution in [0.4, 0.5) is 0 Å². The standard InChI is InChI=1S/C19H24N2O4/c1-24-11-15-17(14-7-9-25-18(14)15)20-16(22)6-8-21-10-12-4-2-3-5-13(12)19(21)23/h2-5,14-15,17-18H,6-11H2,1H3,(H,20,22)/t14-,15+,17-,18-/m1/s1. The van der Waals surface area contributed by atoms with Crippen LogP contribution in [0.5, 0.6) is 0 Å². The van der Waals surface area contributed by atoms with Gasteiger partial charge < -0.3 is 19.7 Å². The number of carbonyl (C=O) groups excluding carboxylic acids is 2. The Labute approximate surface area is 147 Å². The van der Waals surface area contributed by atoms with Crippen molar-refractivity contribution < 1.29 is 19.1 Å². The maximum atomic E-state index is 12.4. The van der Waals surface area contributed by atoms with E-state index in [0.717, 1.165) is 24.2 Å². The average Bonchev–Trinajstić information content (AvgIpc) is 3.18. The molecule has 0 bridgehead atoms. The van der Waals surface area contributed by atoms with Crippen LogP contribution >= 0.6 is 0 Å². The Hall–Kier alpha value is -1.92. The lowest BCUT2D eigenvalue weighted by molar-refractivity contribution is -0.130. The van der Waals surface area contributed by atoms with E-state index in [-0.39, 0.29) is 29.9 Å². The molecule has 4 atom stereocenters. The number of nitrogens with one attached hydrogen (secondary N) is 1. The van der Waals surface area contributed by atoms with E-state index in [4.69, 9.17) is 9.47 Å². The number of amides is 2. The number of ether oxygens (including phenoxy) is 2. The zero-order valence-electron chi connectivity index (χ0n) is 14.4. The summed E-state index contributed by atoms with van der Waals surface area (Å²) in [6, 6.07) is 7.76. The molecule has 0 unspecified atom stereocenters. The molecule has 1 saturated carbocycles. The van der Waals surface area contributed by atoms with Crippen LogP contribution in [-0.2, 0) is 20.8 Å². The number of nitrogens with zero attached hydrogens (tertiary/aromatic N) is 1. The summed E-state index contributed by atoms with van der Waals surface area (Å²) in [5.41, 5.74) is 1.80. The number of methoxy groups -OCH3 is 1. The van der Waals surface area contributed by atoms with Crippen LogP contribution in [0.3, 0.4) is 0 Å². The summed E-state index contributed by atoms with van der Waals surface area (Å²) in [6.07, 6.45) is 1.55. The molecule has 1 aromatic rings. The molecule has 4 rings (SSSR count). The molecule has 0 aromatic heterocycles. The quantitative estimate of drug-likeness (QED) is 0.842. The lowest BCUT2D eigenvalue weighted by atomic mass is 9.67. The molecule has 0 radical (unpaired) electrons. The van der Waals surface area contributed by atoms with Crippen LogP contribution in [0.25, 0.3) is 0 Å². The highest BCUT2D eigenvalue weighted by Crippen LogP contribution is 2.43. The Balaban J connectivity index is 1.29. The molecule has 6 heteroatoms. The largest absolute Gasteiger partial charge is 0.384 e. The number of rotatable bonds is 6. The van der Waals surface area contributed by atoms with Crippen LogP contribution in [0, 0.1) is 11.8 Å². The average molecular weight is 344 g/mol. The van der Waals surface area contributed by atoms with Gasteiger partial charge in [0, 0.05) is 56.7 Å². The summed E-state index contributed by atoms with van der Waals surface area (Å²) in [4.78, 5) is 26.5. The summed E-state index contributed by atoms with van der Waals surface area (Å²) in [7, 11) is 1.68. The highest BCUT2D eigenvalue weighted by Gasteiger charge is 2.54. The summed E-state index contributed by atoms with van der Waals surface area (Å²) in [5.74, 6) is 0.662. The second-order valence-electron chi connectivity index (χ2n) is 7.13. The first-order chi connectivity index (χ1) is 12.2. The highest BCUT2D eigenvalue weighted by molar-refractivity contribution is 5.98. The number of carbonyl (C=O) groups is 2. The van der Waals surface area contributed by atoms with Crippen LogP contribution in [-0.4, -0.2) is 55.7 Å². The number of benzene rings is 1. The Kier molecular flexibility index (Phi) is 4.48. The normalized spacial score (nSPS) is 30.0. The first kappa shape index (κ1) is 16.5. The predicted octanol–water partition coefficient (Wildman–Crippen LogP) is 1.20. The van der Waals surface area contributed by atoms with Crippen molar-refractivity contribution in [3.8, 4) is 0 Å². The molecule has 2 fully saturated rings. The summed E-state index contributed by atoms with van der Waals surface area (Å²) in [6.45, 7) is 2.41. The van der Waals surface area contributed by atoms with E-state index in [1.807, 2.05) is 24.3 Å². The van der Waals surface area contributed by atoms with Crippen LogP contribution in [0.2, 0.25) is 0 Å². The van der Waals surface area contributed by atoms with Gasteiger partial charge in [-0.3, -0.25) is 9.59 Å². The van der Waals surface area contributed by atoms with Gasteiger partial charge in [-0.15, -0.1) is 0 Å². The lowest BCUT2D eigenvalue weighted by Gasteiger charge is -2.47. The first-order valence-electron chi connectivity index (χ1n) is 8.96. The number of hydrogen-bond acceptors (Lipinski definition) is 4. The Morgan fingerprint density at radius 2 is 2.24 bits per heavy atom. The van der Waals surface area contributed by atoms with Crippen molar-refractivity contribution in [3.05, 3.63) is 35.4 Å². The zero-order chi connectivity index (χ0) is 17.4. The van der Waals surface area contributed by atoms with E-state index in [1.54, 1.807) is 12.0 Å². The minimum Gasteiger partial charge on any atom is -0.384 e. The SMILES string of the molecule is COC[C@H]1[C@H](NC(=O)CCN2Cc3ccccc3C2=O)[C@H]2CCO[C@H]21. The minimum atomic E-state index is 0.000194. The Morgan fingerprint density at radius 3 is 3.04 bits per heavy atom. The summed E-state index contributed by atoms with van der Waals surface area (Å²) >= 11 is 0. The van der Waals surface area contributed by atoms with Crippen molar-refractivity contribution in [1.82, 2.24) is 10.2 Å². The molecule has 1 saturated heterocycles. The van der Waals surface area contributed by atoms with E-state index in [1.165, 1.54) is 0 Å². The van der Waals surface area contributed by atoms with Crippen LogP contribution in [0.15, 0.2) is 24.3 Å². The van der Waals surface area contributed by atoms with Gasteiger partial charge in [0.05, 0.1) is 12.7 Å². The maximum absolute atomic E-state index is 12.4. The fraction of sp³-hybridized carbons (Fsp3) is 0.579. The third kappa shape index (κ3) is 2.93. The van der Waals surface area contributed by atoms with Crippen molar-refractivity contribution in [2.45, 2.75) is 31.5 Å². The minimum absolute atomic E-state index is 0.000194. The molecule has 134 valence electrons. The highest BCUT2D eigenvalue weighted by atomic mass is 16.5. The molecule has 1 aliphatic carbocycles. The smallest absolute Gasteiger partial charge is 0.254 e. The van der Waals surface area contributed by atoms with Crippen molar-refractivity contribution in [2.24, 2.45) is 11.8 Å². The second kappa shape index (κ2) is 6.77. The monoisotopic (exact) mass is 344 g/mol. The molecule has 2 amide bonds. The van der Waals surface area contributed by atoms with Crippen molar-refractivity contribution in [1.29, 1.82) is 0 Å². The molecular weight excluding hydrogens is 320 g/mol. The Morgan fingerprint density at radius 1 is 1.40 bits per heavy atom. The van der Waals surface area contributed by atoms with Crippen molar-refractivity contribution in [3.63, 3.8) is 0 Å². The van der Waals surface area contributed by atoms with Gasteiger partial charge in [-0.1, -0.05) is 18.2 Å². The van der Waals surface area contributed by atoms with Gasteiger partial charge in [-0.2, -0.15) is 0 Å². The summed E-state index contributed by atoms with van der Waals surface area (Å²) < 4.78 is 11.0. The predicted molar refractivity (Wildman–Crippen MR) is 90.9 cm³/mol. The van der Waals surface area contributed by atoms with Crippen molar-refractivity contribution in [2.75, 3.05) is 26.9 Å². The van der Waals surface area contributed by atoms with Gasteiger partial charge >= 0.3 is 0 Å². The molecule has 2 aliphatic heterocycles. The molecule has 6 nitrogen and oxygen atoms in total. The van der Waals surface area contributed by atoms with Crippen LogP contribution < -0.4 is 5.32 Å². The fourth-order valence-corrected chi connectivity index (χ4v) is 4.42. The van der Waals surface area contributed by atoms with E-state index >= 15 is 0 Å². The van der Waals surface area contributed by atoms with Crippen LogP contribution in [0.1, 0.15) is 28.8 Å². The molecular formula is C19H24N2O4. The van der Waals surface area contributed by atoms with E-state index in [2.05, 4.69) is 5.32 Å². The lowest BCUT2D eigenvalue weighted by Crippen LogP contribution is -2.62. The fourth-order valence-electron chi connectivity index (χ4n) is 4.42. The molecule has 0 spiro atoms. The zero-order valence-corrected chi connectivity index (χ0v) is 14.4. The van der Waals surface area contributed by atoms with Crippen molar-refractivity contribution >= 4 is 11.8 Å². The number of hydrogen-bond donors (Lipinski definition) is 1. The molecule has 1 aromatic carbocycles. The van der Waals surface area contributed by atoms with Gasteiger partial charge in [-0.05, 0) is 18.1 Å². The third-order valence-electron chi connectivity index (χ3n) is 5.72. The molecule has 3 aliphatic rings. The van der Waals surface area contributed by atoms with E-state index in [0.29, 0.717) is 32.0 Å². The van der Waals surface area contributed by atoms with Gasteiger partial charge in [-0.25, -0.2) is 0 Å². The van der Waals surface area contributed by atoms with Gasteiger partial charge in [0.1, 0.15) is 0 Å². The molecule has 25 heavy (non-hydrogen) atoms. The Bertz CT molecular complexity index is 677. The topological polar surface area (TPSA) is 67.9 Å². The third-order valence-corrected chi connectivity index (χ3v) is 5.72. The first-order valence-corrected chi connectivity index (χ1v) is 8.96. The van der Waals surface area contributed by atoms with E-state index < -0.39 is 0 Å². The number of fused-ring (bicyclic) bond motifs is 2. The van der Waals surface area contributed by atoms with Gasteiger partial charge in [0.15, 0.2) is 0 Å². The molecule has 2 heterocycles. The van der Waals surface area contributed by atoms with Gasteiger partial charge in [0.2, 0.25) is 5.91 Å². The maximum Gasteiger partial charge on any atom is 0.254 e. The van der Waals surface area contributed by atoms with Gasteiger partial charge in [0.25, 0.3) is 5.91 Å². The molecule has 1 N–H and O–H groups in total. The summed E-state index contributed by atoms with van der Waals surface area (Å²) in [5, 5.41) is 3.15. The van der Waals surface area contributed by atoms with E-state index in [9.17, 15) is 9.59 Å².